The number of halogens is 3. The van der Waals surface area contributed by atoms with Crippen LogP contribution in [0.3, 0.4) is 0 Å². The molecule has 12 heteroatoms. The van der Waals surface area contributed by atoms with Gasteiger partial charge in [-0.05, 0) is 34.0 Å². The molecule has 4 rings (SSSR count). The lowest BCUT2D eigenvalue weighted by atomic mass is 10.1. The smallest absolute Gasteiger partial charge is 0.338 e. The second-order valence-corrected chi connectivity index (χ2v) is 7.87. The SMILES string of the molecule is FC(F)(F)c1cccc(-c2noc(CSc3nnnn3CCc3cccs3)n2)c1. The van der Waals surface area contributed by atoms with Crippen molar-refractivity contribution in [3.05, 3.63) is 58.1 Å². The number of thioether (sulfide) groups is 1. The molecular formula is C17H13F3N6OS2. The van der Waals surface area contributed by atoms with Gasteiger partial charge in [-0.25, -0.2) is 4.68 Å². The van der Waals surface area contributed by atoms with E-state index in [1.807, 2.05) is 11.4 Å². The van der Waals surface area contributed by atoms with Gasteiger partial charge in [0.15, 0.2) is 0 Å². The maximum atomic E-state index is 12.9. The van der Waals surface area contributed by atoms with Crippen LogP contribution in [0, 0.1) is 0 Å². The Labute approximate surface area is 170 Å². The molecule has 4 aromatic rings. The van der Waals surface area contributed by atoms with Crippen LogP contribution >= 0.6 is 23.1 Å². The lowest BCUT2D eigenvalue weighted by Crippen LogP contribution is -2.04. The first kappa shape index (κ1) is 19.6. The van der Waals surface area contributed by atoms with E-state index in [1.54, 1.807) is 16.0 Å². The summed E-state index contributed by atoms with van der Waals surface area (Å²) in [5.74, 6) is 0.671. The number of thiophene rings is 1. The molecule has 0 fully saturated rings. The molecule has 0 radical (unpaired) electrons. The number of aromatic nitrogens is 6. The number of benzene rings is 1. The highest BCUT2D eigenvalue weighted by atomic mass is 32.2. The van der Waals surface area contributed by atoms with Gasteiger partial charge in [-0.3, -0.25) is 0 Å². The van der Waals surface area contributed by atoms with Gasteiger partial charge >= 0.3 is 6.18 Å². The molecule has 0 N–H and O–H groups in total. The number of alkyl halides is 3. The van der Waals surface area contributed by atoms with Crippen molar-refractivity contribution < 1.29 is 17.7 Å². The van der Waals surface area contributed by atoms with E-state index in [0.29, 0.717) is 17.5 Å². The molecule has 0 bridgehead atoms. The van der Waals surface area contributed by atoms with Crippen molar-refractivity contribution in [3.63, 3.8) is 0 Å². The lowest BCUT2D eigenvalue weighted by molar-refractivity contribution is -0.137. The quantitative estimate of drug-likeness (QED) is 0.397. The van der Waals surface area contributed by atoms with Gasteiger partial charge in [0.2, 0.25) is 16.9 Å². The Kier molecular flexibility index (Phi) is 5.62. The molecule has 150 valence electrons. The molecule has 0 aliphatic rings. The number of nitrogens with zero attached hydrogens (tertiary/aromatic N) is 6. The molecule has 0 amide bonds. The second kappa shape index (κ2) is 8.33. The molecule has 7 nitrogen and oxygen atoms in total. The van der Waals surface area contributed by atoms with E-state index in [9.17, 15) is 13.2 Å². The molecule has 0 saturated heterocycles. The van der Waals surface area contributed by atoms with Crippen LogP contribution in [0.1, 0.15) is 16.3 Å². The van der Waals surface area contributed by atoms with Crippen molar-refractivity contribution in [2.45, 2.75) is 30.1 Å². The highest BCUT2D eigenvalue weighted by Crippen LogP contribution is 2.31. The predicted molar refractivity (Wildman–Crippen MR) is 100 cm³/mol. The van der Waals surface area contributed by atoms with E-state index in [-0.39, 0.29) is 17.3 Å². The molecule has 3 heterocycles. The standard InChI is InChI=1S/C17H13F3N6OS2/c18-17(19,20)12-4-1-3-11(9-12)15-21-14(27-23-15)10-29-16-22-24-25-26(16)7-6-13-5-2-8-28-13/h1-5,8-9H,6-7,10H2. The maximum absolute atomic E-state index is 12.9. The Morgan fingerprint density at radius 2 is 2.07 bits per heavy atom. The van der Waals surface area contributed by atoms with Crippen molar-refractivity contribution in [1.29, 1.82) is 0 Å². The van der Waals surface area contributed by atoms with Crippen LogP contribution in [0.2, 0.25) is 0 Å². The summed E-state index contributed by atoms with van der Waals surface area (Å²) in [5.41, 5.74) is -0.527. The fourth-order valence-corrected chi connectivity index (χ4v) is 3.94. The van der Waals surface area contributed by atoms with Crippen LogP contribution in [0.25, 0.3) is 11.4 Å². The van der Waals surface area contributed by atoms with E-state index >= 15 is 0 Å². The highest BCUT2D eigenvalue weighted by Gasteiger charge is 2.30. The van der Waals surface area contributed by atoms with E-state index in [4.69, 9.17) is 4.52 Å². The average Bonchev–Trinajstić information content (AvgIpc) is 3.45. The topological polar surface area (TPSA) is 82.5 Å². The largest absolute Gasteiger partial charge is 0.416 e. The molecule has 0 spiro atoms. The van der Waals surface area contributed by atoms with Gasteiger partial charge in [-0.2, -0.15) is 18.2 Å². The van der Waals surface area contributed by atoms with Crippen LogP contribution in [0.15, 0.2) is 51.5 Å². The number of aryl methyl sites for hydroxylation is 2. The van der Waals surface area contributed by atoms with E-state index in [0.717, 1.165) is 18.6 Å². The van der Waals surface area contributed by atoms with Gasteiger partial charge in [0.1, 0.15) is 0 Å². The molecule has 0 unspecified atom stereocenters. The molecule has 3 aromatic heterocycles. The van der Waals surface area contributed by atoms with Gasteiger partial charge in [0, 0.05) is 16.9 Å². The van der Waals surface area contributed by atoms with Crippen LogP contribution in [-0.4, -0.2) is 30.3 Å². The highest BCUT2D eigenvalue weighted by molar-refractivity contribution is 7.98. The van der Waals surface area contributed by atoms with Crippen molar-refractivity contribution in [3.8, 4) is 11.4 Å². The predicted octanol–water partition coefficient (Wildman–Crippen LogP) is 4.34. The Morgan fingerprint density at radius 1 is 1.17 bits per heavy atom. The molecule has 1 aromatic carbocycles. The summed E-state index contributed by atoms with van der Waals surface area (Å²) in [6.07, 6.45) is -3.62. The van der Waals surface area contributed by atoms with Crippen molar-refractivity contribution in [2.24, 2.45) is 0 Å². The first-order valence-corrected chi connectivity index (χ1v) is 10.3. The summed E-state index contributed by atoms with van der Waals surface area (Å²) in [6.45, 7) is 0.634. The summed E-state index contributed by atoms with van der Waals surface area (Å²) in [5, 5.41) is 18.1. The zero-order chi connectivity index (χ0) is 20.3. The third-order valence-electron chi connectivity index (χ3n) is 3.89. The first-order chi connectivity index (χ1) is 14.0. The number of hydrogen-bond donors (Lipinski definition) is 0. The summed E-state index contributed by atoms with van der Waals surface area (Å²) < 4.78 is 45.5. The summed E-state index contributed by atoms with van der Waals surface area (Å²) in [7, 11) is 0. The van der Waals surface area contributed by atoms with Crippen LogP contribution in [0.4, 0.5) is 13.2 Å². The summed E-state index contributed by atoms with van der Waals surface area (Å²) >= 11 is 2.99. The van der Waals surface area contributed by atoms with E-state index in [2.05, 4.69) is 31.7 Å². The van der Waals surface area contributed by atoms with Crippen LogP contribution in [-0.2, 0) is 24.9 Å². The monoisotopic (exact) mass is 438 g/mol. The minimum absolute atomic E-state index is 0.101. The van der Waals surface area contributed by atoms with Crippen molar-refractivity contribution in [1.82, 2.24) is 30.3 Å². The molecular weight excluding hydrogens is 425 g/mol. The van der Waals surface area contributed by atoms with Gasteiger partial charge in [-0.15, -0.1) is 16.4 Å². The minimum Gasteiger partial charge on any atom is -0.338 e. The fraction of sp³-hybridized carbons (Fsp3) is 0.235. The summed E-state index contributed by atoms with van der Waals surface area (Å²) in [4.78, 5) is 5.41. The van der Waals surface area contributed by atoms with Gasteiger partial charge in [-0.1, -0.05) is 35.1 Å². The third kappa shape index (κ3) is 4.82. The van der Waals surface area contributed by atoms with Crippen molar-refractivity contribution in [2.75, 3.05) is 0 Å². The molecule has 29 heavy (non-hydrogen) atoms. The minimum atomic E-state index is -4.43. The van der Waals surface area contributed by atoms with Crippen LogP contribution < -0.4 is 0 Å². The van der Waals surface area contributed by atoms with Crippen LogP contribution in [0.5, 0.6) is 0 Å². The molecule has 0 aliphatic heterocycles. The average molecular weight is 438 g/mol. The summed E-state index contributed by atoms with van der Waals surface area (Å²) in [6, 6.07) is 8.85. The molecule has 0 atom stereocenters. The third-order valence-corrected chi connectivity index (χ3v) is 5.77. The maximum Gasteiger partial charge on any atom is 0.416 e. The molecule has 0 saturated carbocycles. The number of tetrazole rings is 1. The van der Waals surface area contributed by atoms with Gasteiger partial charge in [0.25, 0.3) is 0 Å². The fourth-order valence-electron chi connectivity index (χ4n) is 2.50. The lowest BCUT2D eigenvalue weighted by Gasteiger charge is -2.06. The Morgan fingerprint density at radius 3 is 2.86 bits per heavy atom. The van der Waals surface area contributed by atoms with E-state index in [1.165, 1.54) is 28.8 Å². The zero-order valence-electron chi connectivity index (χ0n) is 14.7. The van der Waals surface area contributed by atoms with Gasteiger partial charge < -0.3 is 4.52 Å². The van der Waals surface area contributed by atoms with Gasteiger partial charge in [0.05, 0.1) is 17.9 Å². The van der Waals surface area contributed by atoms with E-state index < -0.39 is 11.7 Å². The number of rotatable bonds is 7. The Hall–Kier alpha value is -2.73. The second-order valence-electron chi connectivity index (χ2n) is 5.89. The normalized spacial score (nSPS) is 11.8. The van der Waals surface area contributed by atoms with Crippen molar-refractivity contribution >= 4 is 23.1 Å². The Balaban J connectivity index is 1.40. The zero-order valence-corrected chi connectivity index (χ0v) is 16.3. The molecule has 0 aliphatic carbocycles. The number of hydrogen-bond acceptors (Lipinski definition) is 8. The Bertz CT molecular complexity index is 1080. The first-order valence-electron chi connectivity index (χ1n) is 8.40.